The van der Waals surface area contributed by atoms with Crippen molar-refractivity contribution in [2.75, 3.05) is 24.1 Å². The number of rotatable bonds is 7. The second-order valence-corrected chi connectivity index (χ2v) is 4.14. The van der Waals surface area contributed by atoms with Gasteiger partial charge in [0.25, 0.3) is 0 Å². The molecule has 1 aromatic rings. The molecule has 0 bridgehead atoms. The van der Waals surface area contributed by atoms with Crippen molar-refractivity contribution < 1.29 is 23.0 Å². The highest BCUT2D eigenvalue weighted by atomic mass is 35.5. The number of aryl methyl sites for hydroxylation is 1. The molecule has 0 aromatic heterocycles. The molecule has 0 N–H and O–H groups in total. The molecular weight excluding hydrogens is 292 g/mol. The van der Waals surface area contributed by atoms with Crippen LogP contribution in [-0.2, 0) is 9.53 Å². The van der Waals surface area contributed by atoms with E-state index in [1.807, 2.05) is 0 Å². The lowest BCUT2D eigenvalue weighted by atomic mass is 10.1. The molecule has 0 unspecified atom stereocenters. The highest BCUT2D eigenvalue weighted by Crippen LogP contribution is 2.33. The summed E-state index contributed by atoms with van der Waals surface area (Å²) in [6.07, 6.45) is 0. The number of para-hydroxylation sites is 1. The van der Waals surface area contributed by atoms with Crippen molar-refractivity contribution in [2.45, 2.75) is 20.5 Å². The monoisotopic (exact) mass is 307 g/mol. The molecule has 1 rings (SSSR count). The first-order valence-electron chi connectivity index (χ1n) is 5.99. The van der Waals surface area contributed by atoms with Crippen LogP contribution in [0, 0.1) is 6.92 Å². The summed E-state index contributed by atoms with van der Waals surface area (Å²) in [7, 11) is 0. The number of nitrogens with zero attached hydrogens (tertiary/aromatic N) is 1. The lowest BCUT2D eigenvalue weighted by Gasteiger charge is -2.25. The summed E-state index contributed by atoms with van der Waals surface area (Å²) in [4.78, 5) is 13.1. The highest BCUT2D eigenvalue weighted by Gasteiger charge is 2.22. The van der Waals surface area contributed by atoms with Gasteiger partial charge in [-0.05, 0) is 25.5 Å². The smallest absolute Gasteiger partial charge is 0.387 e. The molecule has 0 spiro atoms. The first kappa shape index (κ1) is 16.7. The summed E-state index contributed by atoms with van der Waals surface area (Å²) in [5, 5.41) is 0. The van der Waals surface area contributed by atoms with Gasteiger partial charge in [-0.2, -0.15) is 8.78 Å². The Labute approximate surface area is 121 Å². The van der Waals surface area contributed by atoms with Crippen molar-refractivity contribution in [3.8, 4) is 5.75 Å². The summed E-state index contributed by atoms with van der Waals surface area (Å²) >= 11 is 5.55. The van der Waals surface area contributed by atoms with E-state index in [9.17, 15) is 13.6 Å². The molecule has 0 aliphatic heterocycles. The van der Waals surface area contributed by atoms with Gasteiger partial charge in [-0.1, -0.05) is 12.1 Å². The van der Waals surface area contributed by atoms with Crippen LogP contribution in [0.4, 0.5) is 14.5 Å². The zero-order chi connectivity index (χ0) is 15.1. The quantitative estimate of drug-likeness (QED) is 0.574. The Morgan fingerprint density at radius 1 is 1.45 bits per heavy atom. The van der Waals surface area contributed by atoms with E-state index in [1.54, 1.807) is 26.0 Å². The summed E-state index contributed by atoms with van der Waals surface area (Å²) < 4.78 is 34.5. The van der Waals surface area contributed by atoms with Gasteiger partial charge in [-0.3, -0.25) is 9.69 Å². The molecule has 0 aliphatic carbocycles. The molecule has 0 saturated carbocycles. The minimum absolute atomic E-state index is 0.0769. The van der Waals surface area contributed by atoms with Crippen molar-refractivity contribution >= 4 is 23.2 Å². The first-order valence-corrected chi connectivity index (χ1v) is 6.53. The average Bonchev–Trinajstić information content (AvgIpc) is 2.40. The van der Waals surface area contributed by atoms with Crippen molar-refractivity contribution in [3.63, 3.8) is 0 Å². The Hall–Kier alpha value is -1.40. The van der Waals surface area contributed by atoms with E-state index in [2.05, 4.69) is 4.74 Å². The molecule has 20 heavy (non-hydrogen) atoms. The number of hydrogen-bond acceptors (Lipinski definition) is 3. The lowest BCUT2D eigenvalue weighted by molar-refractivity contribution is -0.117. The zero-order valence-electron chi connectivity index (χ0n) is 11.2. The zero-order valence-corrected chi connectivity index (χ0v) is 12.0. The van der Waals surface area contributed by atoms with Crippen LogP contribution in [0.5, 0.6) is 5.75 Å². The number of hydrogen-bond donors (Lipinski definition) is 0. The van der Waals surface area contributed by atoms with Crippen molar-refractivity contribution in [1.29, 1.82) is 0 Å². The van der Waals surface area contributed by atoms with Crippen LogP contribution in [0.15, 0.2) is 18.2 Å². The van der Waals surface area contributed by atoms with Crippen LogP contribution in [-0.4, -0.2) is 31.7 Å². The van der Waals surface area contributed by atoms with E-state index in [1.165, 1.54) is 11.0 Å². The van der Waals surface area contributed by atoms with Gasteiger partial charge < -0.3 is 9.47 Å². The molecular formula is C13H16ClF2NO3. The van der Waals surface area contributed by atoms with Crippen LogP contribution >= 0.6 is 11.6 Å². The predicted molar refractivity (Wildman–Crippen MR) is 72.5 cm³/mol. The third-order valence-corrected chi connectivity index (χ3v) is 2.76. The summed E-state index contributed by atoms with van der Waals surface area (Å²) in [5.74, 6) is -0.818. The van der Waals surface area contributed by atoms with Gasteiger partial charge in [0.2, 0.25) is 5.91 Å². The van der Waals surface area contributed by atoms with E-state index in [0.717, 1.165) is 0 Å². The van der Waals surface area contributed by atoms with Crippen molar-refractivity contribution in [1.82, 2.24) is 0 Å². The van der Waals surface area contributed by atoms with Crippen molar-refractivity contribution in [3.05, 3.63) is 23.8 Å². The second-order valence-electron chi connectivity index (χ2n) is 3.88. The van der Waals surface area contributed by atoms with Gasteiger partial charge in [0.05, 0.1) is 5.69 Å². The molecule has 0 heterocycles. The largest absolute Gasteiger partial charge is 0.433 e. The summed E-state index contributed by atoms with van der Waals surface area (Å²) in [5.41, 5.74) is 0.855. The maximum Gasteiger partial charge on any atom is 0.387 e. The number of anilines is 1. The predicted octanol–water partition coefficient (Wildman–Crippen LogP) is 3.16. The van der Waals surface area contributed by atoms with Crippen LogP contribution in [0.1, 0.15) is 12.5 Å². The fraction of sp³-hybridized carbons (Fsp3) is 0.462. The Morgan fingerprint density at radius 2 is 2.15 bits per heavy atom. The molecule has 0 atom stereocenters. The number of carbonyl (C=O) groups excluding carboxylic acids is 1. The van der Waals surface area contributed by atoms with E-state index < -0.39 is 12.5 Å². The van der Waals surface area contributed by atoms with Crippen LogP contribution in [0.25, 0.3) is 0 Å². The van der Waals surface area contributed by atoms with Crippen LogP contribution in [0.3, 0.4) is 0 Å². The topological polar surface area (TPSA) is 38.8 Å². The molecule has 0 fully saturated rings. The summed E-state index contributed by atoms with van der Waals surface area (Å²) in [6.45, 7) is 0.775. The number of alkyl halides is 3. The van der Waals surface area contributed by atoms with Gasteiger partial charge in [-0.25, -0.2) is 0 Å². The fourth-order valence-electron chi connectivity index (χ4n) is 1.68. The molecule has 0 radical (unpaired) electrons. The lowest BCUT2D eigenvalue weighted by Crippen LogP contribution is -2.35. The average molecular weight is 308 g/mol. The van der Waals surface area contributed by atoms with Gasteiger partial charge in [0, 0.05) is 6.61 Å². The molecule has 1 amide bonds. The maximum atomic E-state index is 12.4. The first-order chi connectivity index (χ1) is 9.51. The molecule has 7 heteroatoms. The number of amides is 1. The third-order valence-electron chi connectivity index (χ3n) is 2.53. The third kappa shape index (κ3) is 4.31. The number of halogens is 3. The van der Waals surface area contributed by atoms with Gasteiger partial charge in [0.1, 0.15) is 18.4 Å². The maximum absolute atomic E-state index is 12.4. The fourth-order valence-corrected chi connectivity index (χ4v) is 1.83. The van der Waals surface area contributed by atoms with E-state index in [-0.39, 0.29) is 24.0 Å². The van der Waals surface area contributed by atoms with Gasteiger partial charge >= 0.3 is 6.61 Å². The standard InChI is InChI=1S/C13H16ClF2NO3/c1-3-19-8-17(11(18)7-14)12-9(2)5-4-6-10(12)20-13(15)16/h4-6,13H,3,7-8H2,1-2H3. The Morgan fingerprint density at radius 3 is 2.70 bits per heavy atom. The molecule has 0 saturated heterocycles. The van der Waals surface area contributed by atoms with Crippen LogP contribution < -0.4 is 9.64 Å². The van der Waals surface area contributed by atoms with Gasteiger partial charge in [0.15, 0.2) is 0 Å². The van der Waals surface area contributed by atoms with Gasteiger partial charge in [-0.15, -0.1) is 11.6 Å². The Kier molecular flexibility index (Phi) is 6.67. The molecule has 1 aromatic carbocycles. The molecule has 4 nitrogen and oxygen atoms in total. The van der Waals surface area contributed by atoms with E-state index in [0.29, 0.717) is 12.2 Å². The van der Waals surface area contributed by atoms with E-state index in [4.69, 9.17) is 16.3 Å². The summed E-state index contributed by atoms with van der Waals surface area (Å²) in [6, 6.07) is 4.63. The minimum Gasteiger partial charge on any atom is -0.433 e. The second kappa shape index (κ2) is 8.01. The minimum atomic E-state index is -2.98. The Bertz CT molecular complexity index is 457. The number of ether oxygens (including phenoxy) is 2. The van der Waals surface area contributed by atoms with E-state index >= 15 is 0 Å². The molecule has 112 valence electrons. The van der Waals surface area contributed by atoms with Crippen molar-refractivity contribution in [2.24, 2.45) is 0 Å². The Balaban J connectivity index is 3.19. The van der Waals surface area contributed by atoms with Crippen LogP contribution in [0.2, 0.25) is 0 Å². The normalized spacial score (nSPS) is 10.7. The SMILES string of the molecule is CCOCN(C(=O)CCl)c1c(C)cccc1OC(F)F. The highest BCUT2D eigenvalue weighted by molar-refractivity contribution is 6.29. The molecule has 0 aliphatic rings. The number of carbonyl (C=O) groups is 1. The number of benzene rings is 1.